The normalized spacial score (nSPS) is 23.6. The first-order chi connectivity index (χ1) is 9.46. The van der Waals surface area contributed by atoms with Crippen LogP contribution in [0.2, 0.25) is 0 Å². The fraction of sp³-hybridized carbons (Fsp3) is 0.400. The van der Waals surface area contributed by atoms with Crippen LogP contribution in [0.25, 0.3) is 0 Å². The average Bonchev–Trinajstić information content (AvgIpc) is 2.78. The molecule has 0 N–H and O–H groups in total. The first-order valence-electron chi connectivity index (χ1n) is 6.77. The molecule has 0 radical (unpaired) electrons. The lowest BCUT2D eigenvalue weighted by molar-refractivity contribution is -0.114. The van der Waals surface area contributed by atoms with Crippen LogP contribution in [-0.2, 0) is 14.8 Å². The van der Waals surface area contributed by atoms with Gasteiger partial charge in [0.2, 0.25) is 10.0 Å². The van der Waals surface area contributed by atoms with Crippen molar-refractivity contribution >= 4 is 15.8 Å². The van der Waals surface area contributed by atoms with Crippen LogP contribution < -0.4 is 0 Å². The van der Waals surface area contributed by atoms with E-state index in [9.17, 15) is 13.2 Å². The summed E-state index contributed by atoms with van der Waals surface area (Å²) in [5.41, 5.74) is 2.00. The number of carbonyl (C=O) groups is 1. The second-order valence-electron chi connectivity index (χ2n) is 5.53. The van der Waals surface area contributed by atoms with Crippen molar-refractivity contribution in [2.24, 2.45) is 5.92 Å². The second kappa shape index (κ2) is 4.82. The zero-order valence-electron chi connectivity index (χ0n) is 11.4. The summed E-state index contributed by atoms with van der Waals surface area (Å²) in [6.07, 6.45) is 2.91. The number of benzene rings is 1. The van der Waals surface area contributed by atoms with Crippen LogP contribution in [0.4, 0.5) is 0 Å². The Bertz CT molecular complexity index is 674. The highest BCUT2D eigenvalue weighted by Crippen LogP contribution is 2.33. The largest absolute Gasteiger partial charge is 0.295 e. The number of aryl methyl sites for hydroxylation is 1. The topological polar surface area (TPSA) is 54.5 Å². The summed E-state index contributed by atoms with van der Waals surface area (Å²) < 4.78 is 26.6. The molecule has 20 heavy (non-hydrogen) atoms. The summed E-state index contributed by atoms with van der Waals surface area (Å²) in [5.74, 6) is 0.381. The highest BCUT2D eigenvalue weighted by atomic mass is 32.2. The van der Waals surface area contributed by atoms with Gasteiger partial charge in [0.15, 0.2) is 5.78 Å². The molecule has 106 valence electrons. The zero-order chi connectivity index (χ0) is 14.3. The number of hydrogen-bond donors (Lipinski definition) is 0. The summed E-state index contributed by atoms with van der Waals surface area (Å²) in [6.45, 7) is 2.77. The minimum absolute atomic E-state index is 0.125. The van der Waals surface area contributed by atoms with E-state index in [1.54, 1.807) is 30.3 Å². The number of ketones is 1. The maximum absolute atomic E-state index is 12.6. The van der Waals surface area contributed by atoms with E-state index in [4.69, 9.17) is 0 Å². The molecule has 0 saturated carbocycles. The third-order valence-corrected chi connectivity index (χ3v) is 5.92. The fourth-order valence-electron chi connectivity index (χ4n) is 2.87. The molecule has 1 aliphatic carbocycles. The monoisotopic (exact) mass is 291 g/mol. The molecule has 0 unspecified atom stereocenters. The summed E-state index contributed by atoms with van der Waals surface area (Å²) in [5, 5.41) is 0. The fourth-order valence-corrected chi connectivity index (χ4v) is 4.31. The Morgan fingerprint density at radius 1 is 1.20 bits per heavy atom. The van der Waals surface area contributed by atoms with E-state index in [1.807, 2.05) is 6.92 Å². The van der Waals surface area contributed by atoms with Gasteiger partial charge in [0.1, 0.15) is 0 Å². The van der Waals surface area contributed by atoms with Crippen molar-refractivity contribution in [1.82, 2.24) is 4.31 Å². The van der Waals surface area contributed by atoms with Gasteiger partial charge in [-0.25, -0.2) is 8.42 Å². The maximum Gasteiger partial charge on any atom is 0.243 e. The molecule has 1 heterocycles. The molecule has 0 aromatic heterocycles. The number of nitrogens with zero attached hydrogens (tertiary/aromatic N) is 1. The van der Waals surface area contributed by atoms with Crippen LogP contribution in [0.3, 0.4) is 0 Å². The standard InChI is InChI=1S/C15H17NO3S/c1-11-2-4-15(5-3-11)20(18,19)16-7-6-12-8-14(17)9-13(12)10-16/h2-5,9,12H,6-8,10H2,1H3/t12-/m0/s1. The van der Waals surface area contributed by atoms with Gasteiger partial charge in [0.25, 0.3) is 0 Å². The highest BCUT2D eigenvalue weighted by molar-refractivity contribution is 7.89. The van der Waals surface area contributed by atoms with Gasteiger partial charge < -0.3 is 0 Å². The van der Waals surface area contributed by atoms with Gasteiger partial charge in [0.05, 0.1) is 4.90 Å². The van der Waals surface area contributed by atoms with Gasteiger partial charge >= 0.3 is 0 Å². The lowest BCUT2D eigenvalue weighted by atomic mass is 9.95. The molecular formula is C15H17NO3S. The molecule has 0 amide bonds. The van der Waals surface area contributed by atoms with Gasteiger partial charge in [-0.1, -0.05) is 17.7 Å². The maximum atomic E-state index is 12.6. The Morgan fingerprint density at radius 2 is 1.90 bits per heavy atom. The van der Waals surface area contributed by atoms with E-state index < -0.39 is 10.0 Å². The van der Waals surface area contributed by atoms with Gasteiger partial charge in [-0.15, -0.1) is 0 Å². The minimum atomic E-state index is -3.45. The van der Waals surface area contributed by atoms with Crippen molar-refractivity contribution in [2.45, 2.75) is 24.7 Å². The third-order valence-electron chi connectivity index (χ3n) is 4.06. The molecule has 1 aliphatic heterocycles. The summed E-state index contributed by atoms with van der Waals surface area (Å²) in [4.78, 5) is 11.8. The highest BCUT2D eigenvalue weighted by Gasteiger charge is 2.35. The summed E-state index contributed by atoms with van der Waals surface area (Å²) in [6, 6.07) is 6.89. The molecule has 1 atom stereocenters. The molecule has 3 rings (SSSR count). The predicted octanol–water partition coefficient (Wildman–Crippen LogP) is 1.90. The first-order valence-corrected chi connectivity index (χ1v) is 8.21. The Kier molecular flexibility index (Phi) is 3.26. The van der Waals surface area contributed by atoms with Crippen molar-refractivity contribution in [2.75, 3.05) is 13.1 Å². The van der Waals surface area contributed by atoms with Crippen LogP contribution in [-0.4, -0.2) is 31.6 Å². The van der Waals surface area contributed by atoms with Crippen molar-refractivity contribution in [1.29, 1.82) is 0 Å². The molecule has 4 nitrogen and oxygen atoms in total. The first kappa shape index (κ1) is 13.5. The van der Waals surface area contributed by atoms with Crippen molar-refractivity contribution < 1.29 is 13.2 Å². The molecule has 1 fully saturated rings. The van der Waals surface area contributed by atoms with E-state index in [0.717, 1.165) is 17.6 Å². The molecule has 1 aromatic carbocycles. The Labute approximate surface area is 119 Å². The van der Waals surface area contributed by atoms with E-state index in [0.29, 0.717) is 24.4 Å². The van der Waals surface area contributed by atoms with Crippen molar-refractivity contribution in [3.8, 4) is 0 Å². The third kappa shape index (κ3) is 2.31. The van der Waals surface area contributed by atoms with Crippen molar-refractivity contribution in [3.05, 3.63) is 41.5 Å². The number of carbonyl (C=O) groups excluding carboxylic acids is 1. The van der Waals surface area contributed by atoms with E-state index in [-0.39, 0.29) is 11.7 Å². The second-order valence-corrected chi connectivity index (χ2v) is 7.46. The van der Waals surface area contributed by atoms with Gasteiger partial charge in [-0.2, -0.15) is 4.31 Å². The minimum Gasteiger partial charge on any atom is -0.295 e. The number of allylic oxidation sites excluding steroid dienone is 1. The number of fused-ring (bicyclic) bond motifs is 1. The lowest BCUT2D eigenvalue weighted by Gasteiger charge is -2.30. The average molecular weight is 291 g/mol. The molecule has 1 aromatic rings. The van der Waals surface area contributed by atoms with Gasteiger partial charge in [-0.05, 0) is 43.0 Å². The lowest BCUT2D eigenvalue weighted by Crippen LogP contribution is -2.39. The number of rotatable bonds is 2. The Balaban J connectivity index is 1.87. The quantitative estimate of drug-likeness (QED) is 0.836. The van der Waals surface area contributed by atoms with Crippen LogP contribution in [0.15, 0.2) is 40.8 Å². The number of piperidine rings is 1. The molecule has 0 spiro atoms. The number of sulfonamides is 1. The molecule has 1 saturated heterocycles. The number of hydrogen-bond acceptors (Lipinski definition) is 3. The van der Waals surface area contributed by atoms with Crippen LogP contribution >= 0.6 is 0 Å². The molecule has 0 bridgehead atoms. The van der Waals surface area contributed by atoms with Gasteiger partial charge in [-0.3, -0.25) is 4.79 Å². The SMILES string of the molecule is Cc1ccc(S(=O)(=O)N2CC[C@H]3CC(=O)C=C3C2)cc1. The van der Waals surface area contributed by atoms with Crippen LogP contribution in [0, 0.1) is 12.8 Å². The van der Waals surface area contributed by atoms with Crippen LogP contribution in [0.5, 0.6) is 0 Å². The molecular weight excluding hydrogens is 274 g/mol. The van der Waals surface area contributed by atoms with E-state index >= 15 is 0 Å². The predicted molar refractivity (Wildman–Crippen MR) is 75.8 cm³/mol. The summed E-state index contributed by atoms with van der Waals surface area (Å²) >= 11 is 0. The molecule has 2 aliphatic rings. The van der Waals surface area contributed by atoms with Crippen molar-refractivity contribution in [3.63, 3.8) is 0 Å². The summed E-state index contributed by atoms with van der Waals surface area (Å²) in [7, 11) is -3.45. The van der Waals surface area contributed by atoms with E-state index in [2.05, 4.69) is 0 Å². The zero-order valence-corrected chi connectivity index (χ0v) is 12.2. The Morgan fingerprint density at radius 3 is 2.60 bits per heavy atom. The smallest absolute Gasteiger partial charge is 0.243 e. The van der Waals surface area contributed by atoms with Gasteiger partial charge in [0, 0.05) is 19.5 Å². The molecule has 5 heteroatoms. The van der Waals surface area contributed by atoms with Crippen LogP contribution in [0.1, 0.15) is 18.4 Å². The van der Waals surface area contributed by atoms with E-state index in [1.165, 1.54) is 4.31 Å². The Hall–Kier alpha value is -1.46.